The zero-order valence-electron chi connectivity index (χ0n) is 13.7. The predicted molar refractivity (Wildman–Crippen MR) is 93.2 cm³/mol. The first kappa shape index (κ1) is 15.9. The number of para-hydroxylation sites is 1. The zero-order valence-corrected chi connectivity index (χ0v) is 13.7. The zero-order chi connectivity index (χ0) is 16.8. The first-order valence-electron chi connectivity index (χ1n) is 8.01. The van der Waals surface area contributed by atoms with Crippen molar-refractivity contribution in [1.82, 2.24) is 0 Å². The summed E-state index contributed by atoms with van der Waals surface area (Å²) < 4.78 is 7.81. The minimum Gasteiger partial charge on any atom is -0.487 e. The van der Waals surface area contributed by atoms with E-state index < -0.39 is 0 Å². The molecule has 0 radical (unpaired) electrons. The largest absolute Gasteiger partial charge is 0.487 e. The van der Waals surface area contributed by atoms with Crippen LogP contribution >= 0.6 is 0 Å². The van der Waals surface area contributed by atoms with Crippen molar-refractivity contribution in [3.05, 3.63) is 95.8 Å². The Morgan fingerprint density at radius 3 is 2.21 bits per heavy atom. The van der Waals surface area contributed by atoms with Crippen LogP contribution in [0.1, 0.15) is 21.5 Å². The lowest BCUT2D eigenvalue weighted by molar-refractivity contribution is -0.697. The molecule has 3 heteroatoms. The van der Waals surface area contributed by atoms with Crippen molar-refractivity contribution in [2.45, 2.75) is 13.5 Å². The molecule has 0 unspecified atom stereocenters. The first-order valence-corrected chi connectivity index (χ1v) is 8.01. The van der Waals surface area contributed by atoms with Crippen molar-refractivity contribution in [2.24, 2.45) is 0 Å². The Bertz CT molecular complexity index is 811. The van der Waals surface area contributed by atoms with Crippen LogP contribution in [0.4, 0.5) is 0 Å². The third kappa shape index (κ3) is 3.87. The van der Waals surface area contributed by atoms with Crippen molar-refractivity contribution in [3.8, 4) is 5.75 Å². The average molecular weight is 318 g/mol. The van der Waals surface area contributed by atoms with E-state index in [2.05, 4.69) is 0 Å². The molecule has 0 fully saturated rings. The summed E-state index contributed by atoms with van der Waals surface area (Å²) in [4.78, 5) is 12.4. The summed E-state index contributed by atoms with van der Waals surface area (Å²) in [6, 6.07) is 21.0. The molecule has 24 heavy (non-hydrogen) atoms. The summed E-state index contributed by atoms with van der Waals surface area (Å²) >= 11 is 0. The van der Waals surface area contributed by atoms with Gasteiger partial charge in [0.2, 0.25) is 0 Å². The standard InChI is InChI=1S/C21H20NO2/c1-17-7-5-6-10-20(17)24-16-15-22-13-11-19(12-14-22)21(23)18-8-3-2-4-9-18/h2-14H,15-16H2,1H3/q+1. The fourth-order valence-electron chi connectivity index (χ4n) is 2.49. The van der Waals surface area contributed by atoms with Gasteiger partial charge in [0.1, 0.15) is 12.4 Å². The lowest BCUT2D eigenvalue weighted by atomic mass is 10.0. The molecule has 0 atom stereocenters. The summed E-state index contributed by atoms with van der Waals surface area (Å²) in [5, 5.41) is 0. The van der Waals surface area contributed by atoms with Crippen molar-refractivity contribution >= 4 is 5.78 Å². The molecule has 3 nitrogen and oxygen atoms in total. The van der Waals surface area contributed by atoms with Crippen LogP contribution in [0.25, 0.3) is 0 Å². The number of hydrogen-bond donors (Lipinski definition) is 0. The number of nitrogens with zero attached hydrogens (tertiary/aromatic N) is 1. The monoisotopic (exact) mass is 318 g/mol. The van der Waals surface area contributed by atoms with Crippen molar-refractivity contribution in [1.29, 1.82) is 0 Å². The maximum Gasteiger partial charge on any atom is 0.193 e. The lowest BCUT2D eigenvalue weighted by Gasteiger charge is -2.07. The van der Waals surface area contributed by atoms with Gasteiger partial charge in [0.25, 0.3) is 0 Å². The van der Waals surface area contributed by atoms with Gasteiger partial charge in [-0.15, -0.1) is 0 Å². The van der Waals surface area contributed by atoms with E-state index in [9.17, 15) is 4.79 Å². The normalized spacial score (nSPS) is 10.4. The van der Waals surface area contributed by atoms with Crippen molar-refractivity contribution in [2.75, 3.05) is 6.61 Å². The van der Waals surface area contributed by atoms with Crippen LogP contribution in [0, 0.1) is 6.92 Å². The molecule has 0 aliphatic rings. The van der Waals surface area contributed by atoms with Crippen LogP contribution in [0.5, 0.6) is 5.75 Å². The molecule has 1 heterocycles. The van der Waals surface area contributed by atoms with Gasteiger partial charge in [-0.1, -0.05) is 48.5 Å². The number of ether oxygens (including phenoxy) is 1. The smallest absolute Gasteiger partial charge is 0.193 e. The highest BCUT2D eigenvalue weighted by Crippen LogP contribution is 2.15. The molecule has 3 rings (SSSR count). The molecule has 0 N–H and O–H groups in total. The van der Waals surface area contributed by atoms with Gasteiger partial charge in [-0.3, -0.25) is 4.79 Å². The van der Waals surface area contributed by atoms with E-state index in [4.69, 9.17) is 4.74 Å². The van der Waals surface area contributed by atoms with Gasteiger partial charge in [0.15, 0.2) is 24.7 Å². The van der Waals surface area contributed by atoms with E-state index in [-0.39, 0.29) is 5.78 Å². The van der Waals surface area contributed by atoms with Crippen LogP contribution in [0.15, 0.2) is 79.1 Å². The maximum absolute atomic E-state index is 12.4. The van der Waals surface area contributed by atoms with Crippen LogP contribution in [-0.4, -0.2) is 12.4 Å². The second-order valence-corrected chi connectivity index (χ2v) is 5.63. The van der Waals surface area contributed by atoms with Crippen molar-refractivity contribution in [3.63, 3.8) is 0 Å². The molecule has 1 aromatic heterocycles. The molecular formula is C21H20NO2+. The van der Waals surface area contributed by atoms with E-state index >= 15 is 0 Å². The molecule has 0 aliphatic heterocycles. The number of benzene rings is 2. The van der Waals surface area contributed by atoms with Crippen LogP contribution in [0.2, 0.25) is 0 Å². The molecule has 120 valence electrons. The molecule has 2 aromatic carbocycles. The third-order valence-electron chi connectivity index (χ3n) is 3.89. The summed E-state index contributed by atoms with van der Waals surface area (Å²) in [7, 11) is 0. The average Bonchev–Trinajstić information content (AvgIpc) is 2.64. The Morgan fingerprint density at radius 2 is 1.50 bits per heavy atom. The molecule has 3 aromatic rings. The number of pyridine rings is 1. The Kier molecular flexibility index (Phi) is 5.02. The highest BCUT2D eigenvalue weighted by Gasteiger charge is 2.10. The second kappa shape index (κ2) is 7.55. The topological polar surface area (TPSA) is 30.2 Å². The molecule has 0 saturated heterocycles. The molecule has 0 spiro atoms. The van der Waals surface area contributed by atoms with E-state index in [1.165, 1.54) is 0 Å². The number of ketones is 1. The van der Waals surface area contributed by atoms with E-state index in [0.29, 0.717) is 17.7 Å². The van der Waals surface area contributed by atoms with Gasteiger partial charge in [0, 0.05) is 23.3 Å². The number of rotatable bonds is 6. The second-order valence-electron chi connectivity index (χ2n) is 5.63. The quantitative estimate of drug-likeness (QED) is 0.513. The Balaban J connectivity index is 1.59. The highest BCUT2D eigenvalue weighted by atomic mass is 16.5. The van der Waals surface area contributed by atoms with Crippen molar-refractivity contribution < 1.29 is 14.1 Å². The molecule has 0 amide bonds. The van der Waals surface area contributed by atoms with E-state index in [1.807, 2.05) is 90.6 Å². The van der Waals surface area contributed by atoms with E-state index in [0.717, 1.165) is 17.9 Å². The van der Waals surface area contributed by atoms with Crippen LogP contribution in [-0.2, 0) is 6.54 Å². The van der Waals surface area contributed by atoms with Gasteiger partial charge in [-0.25, -0.2) is 4.57 Å². The van der Waals surface area contributed by atoms with Gasteiger partial charge >= 0.3 is 0 Å². The third-order valence-corrected chi connectivity index (χ3v) is 3.89. The number of carbonyl (C=O) groups excluding carboxylic acids is 1. The van der Waals surface area contributed by atoms with E-state index in [1.54, 1.807) is 0 Å². The SMILES string of the molecule is Cc1ccccc1OCC[n+]1ccc(C(=O)c2ccccc2)cc1. The fourth-order valence-corrected chi connectivity index (χ4v) is 2.49. The lowest BCUT2D eigenvalue weighted by Crippen LogP contribution is -2.36. The predicted octanol–water partition coefficient (Wildman–Crippen LogP) is 3.59. The number of carbonyl (C=O) groups is 1. The Hall–Kier alpha value is -2.94. The molecule has 0 saturated carbocycles. The highest BCUT2D eigenvalue weighted by molar-refractivity contribution is 6.08. The van der Waals surface area contributed by atoms with Gasteiger partial charge in [-0.05, 0) is 18.6 Å². The molecule has 0 aliphatic carbocycles. The number of hydrogen-bond acceptors (Lipinski definition) is 2. The number of aromatic nitrogens is 1. The Labute approximate surface area is 142 Å². The first-order chi connectivity index (χ1) is 11.7. The summed E-state index contributed by atoms with van der Waals surface area (Å²) in [5.41, 5.74) is 2.53. The Morgan fingerprint density at radius 1 is 0.875 bits per heavy atom. The maximum atomic E-state index is 12.4. The molecular weight excluding hydrogens is 298 g/mol. The summed E-state index contributed by atoms with van der Waals surface area (Å²) in [6.45, 7) is 3.35. The minimum absolute atomic E-state index is 0.0407. The van der Waals surface area contributed by atoms with Crippen LogP contribution in [0.3, 0.4) is 0 Å². The minimum atomic E-state index is 0.0407. The van der Waals surface area contributed by atoms with Gasteiger partial charge < -0.3 is 4.74 Å². The van der Waals surface area contributed by atoms with Gasteiger partial charge in [-0.2, -0.15) is 0 Å². The van der Waals surface area contributed by atoms with Crippen LogP contribution < -0.4 is 9.30 Å². The number of aryl methyl sites for hydroxylation is 1. The molecule has 0 bridgehead atoms. The van der Waals surface area contributed by atoms with Gasteiger partial charge in [0.05, 0.1) is 0 Å². The fraction of sp³-hybridized carbons (Fsp3) is 0.143. The summed E-state index contributed by atoms with van der Waals surface area (Å²) in [5.74, 6) is 0.952. The summed E-state index contributed by atoms with van der Waals surface area (Å²) in [6.07, 6.45) is 3.83.